The molecule has 0 saturated heterocycles. The van der Waals surface area contributed by atoms with E-state index in [-0.39, 0.29) is 18.4 Å². The molecule has 1 aromatic heterocycles. The number of hydrogen-bond acceptors (Lipinski definition) is 5. The SMILES string of the molecule is CCOc1ccccc1[C@H](C(=O)NCc1ccccc1)N(C(=O)Cn1nnc2ccccc21)c1ccccc1. The number of para-hydroxylation sites is 3. The zero-order valence-electron chi connectivity index (χ0n) is 21.6. The number of benzene rings is 4. The fourth-order valence-electron chi connectivity index (χ4n) is 4.54. The topological polar surface area (TPSA) is 89.4 Å². The highest BCUT2D eigenvalue weighted by Gasteiger charge is 2.35. The molecule has 0 unspecified atom stereocenters. The molecule has 39 heavy (non-hydrogen) atoms. The van der Waals surface area contributed by atoms with Crippen LogP contribution in [0.3, 0.4) is 0 Å². The molecule has 0 aliphatic carbocycles. The third kappa shape index (κ3) is 5.80. The highest BCUT2D eigenvalue weighted by molar-refractivity contribution is 6.01. The Morgan fingerprint density at radius 3 is 2.31 bits per heavy atom. The van der Waals surface area contributed by atoms with Crippen LogP contribution in [0.25, 0.3) is 11.0 Å². The number of nitrogens with zero attached hydrogens (tertiary/aromatic N) is 4. The molecule has 1 heterocycles. The molecule has 8 heteroatoms. The van der Waals surface area contributed by atoms with Crippen molar-refractivity contribution in [2.24, 2.45) is 0 Å². The van der Waals surface area contributed by atoms with E-state index in [9.17, 15) is 9.59 Å². The van der Waals surface area contributed by atoms with E-state index in [1.165, 1.54) is 4.90 Å². The van der Waals surface area contributed by atoms with Crippen molar-refractivity contribution in [2.75, 3.05) is 11.5 Å². The Bertz CT molecular complexity index is 1550. The van der Waals surface area contributed by atoms with Crippen LogP contribution in [-0.2, 0) is 22.7 Å². The number of carbonyl (C=O) groups is 2. The van der Waals surface area contributed by atoms with Gasteiger partial charge in [-0.25, -0.2) is 4.68 Å². The second-order valence-corrected chi connectivity index (χ2v) is 8.91. The van der Waals surface area contributed by atoms with Crippen molar-refractivity contribution in [3.63, 3.8) is 0 Å². The number of ether oxygens (including phenoxy) is 1. The van der Waals surface area contributed by atoms with Crippen molar-refractivity contribution in [3.05, 3.63) is 120 Å². The van der Waals surface area contributed by atoms with Crippen molar-refractivity contribution in [1.82, 2.24) is 20.3 Å². The molecule has 0 radical (unpaired) electrons. The Balaban J connectivity index is 1.57. The van der Waals surface area contributed by atoms with Gasteiger partial charge in [0.2, 0.25) is 11.8 Å². The highest BCUT2D eigenvalue weighted by atomic mass is 16.5. The molecule has 1 atom stereocenters. The lowest BCUT2D eigenvalue weighted by molar-refractivity contribution is -0.127. The van der Waals surface area contributed by atoms with E-state index in [2.05, 4.69) is 15.6 Å². The quantitative estimate of drug-likeness (QED) is 0.283. The number of hydrogen-bond donors (Lipinski definition) is 1. The van der Waals surface area contributed by atoms with Gasteiger partial charge in [-0.2, -0.15) is 0 Å². The maximum atomic E-state index is 14.1. The lowest BCUT2D eigenvalue weighted by Crippen LogP contribution is -2.45. The van der Waals surface area contributed by atoms with Crippen molar-refractivity contribution in [2.45, 2.75) is 26.1 Å². The van der Waals surface area contributed by atoms with E-state index >= 15 is 0 Å². The van der Waals surface area contributed by atoms with Crippen LogP contribution in [0.4, 0.5) is 5.69 Å². The number of rotatable bonds is 10. The van der Waals surface area contributed by atoms with Gasteiger partial charge in [0.1, 0.15) is 23.9 Å². The predicted octanol–water partition coefficient (Wildman–Crippen LogP) is 4.92. The molecule has 0 spiro atoms. The minimum absolute atomic E-state index is 0.103. The molecule has 0 bridgehead atoms. The van der Waals surface area contributed by atoms with Crippen LogP contribution in [0.1, 0.15) is 24.1 Å². The first-order valence-electron chi connectivity index (χ1n) is 12.8. The molecule has 0 aliphatic rings. The zero-order valence-corrected chi connectivity index (χ0v) is 21.6. The van der Waals surface area contributed by atoms with E-state index < -0.39 is 6.04 Å². The molecule has 196 valence electrons. The summed E-state index contributed by atoms with van der Waals surface area (Å²) in [6, 6.07) is 32.6. The van der Waals surface area contributed by atoms with Gasteiger partial charge in [0.05, 0.1) is 12.1 Å². The summed E-state index contributed by atoms with van der Waals surface area (Å²) >= 11 is 0. The monoisotopic (exact) mass is 519 g/mol. The lowest BCUT2D eigenvalue weighted by atomic mass is 10.0. The predicted molar refractivity (Wildman–Crippen MR) is 150 cm³/mol. The fraction of sp³-hybridized carbons (Fsp3) is 0.161. The van der Waals surface area contributed by atoms with Crippen molar-refractivity contribution in [1.29, 1.82) is 0 Å². The maximum Gasteiger partial charge on any atom is 0.249 e. The second-order valence-electron chi connectivity index (χ2n) is 8.91. The first kappa shape index (κ1) is 25.7. The first-order valence-corrected chi connectivity index (χ1v) is 12.8. The summed E-state index contributed by atoms with van der Waals surface area (Å²) < 4.78 is 7.47. The molecule has 5 aromatic rings. The number of carbonyl (C=O) groups excluding carboxylic acids is 2. The zero-order chi connectivity index (χ0) is 27.0. The third-order valence-corrected chi connectivity index (χ3v) is 6.34. The van der Waals surface area contributed by atoms with Gasteiger partial charge < -0.3 is 10.1 Å². The molecule has 5 rings (SSSR count). The average Bonchev–Trinajstić information content (AvgIpc) is 3.39. The summed E-state index contributed by atoms with van der Waals surface area (Å²) in [6.07, 6.45) is 0. The fourth-order valence-corrected chi connectivity index (χ4v) is 4.54. The minimum Gasteiger partial charge on any atom is -0.493 e. The number of aromatic nitrogens is 3. The van der Waals surface area contributed by atoms with E-state index in [1.54, 1.807) is 4.68 Å². The smallest absolute Gasteiger partial charge is 0.249 e. The third-order valence-electron chi connectivity index (χ3n) is 6.34. The molecule has 1 N–H and O–H groups in total. The summed E-state index contributed by atoms with van der Waals surface area (Å²) in [4.78, 5) is 29.7. The number of nitrogens with one attached hydrogen (secondary N) is 1. The van der Waals surface area contributed by atoms with Crippen LogP contribution in [0, 0.1) is 0 Å². The van der Waals surface area contributed by atoms with Crippen LogP contribution in [-0.4, -0.2) is 33.4 Å². The molecule has 4 aromatic carbocycles. The van der Waals surface area contributed by atoms with Crippen molar-refractivity contribution >= 4 is 28.5 Å². The Labute approximate surface area is 226 Å². The highest BCUT2D eigenvalue weighted by Crippen LogP contribution is 2.34. The molecular formula is C31H29N5O3. The standard InChI is InChI=1S/C31H29N5O3/c1-2-39-28-20-12-9-17-25(28)30(31(38)32-21-23-13-5-3-6-14-23)36(24-15-7-4-8-16-24)29(37)22-35-27-19-11-10-18-26(27)33-34-35/h3-20,30H,2,21-22H2,1H3,(H,32,38)/t30-/m1/s1. The minimum atomic E-state index is -0.999. The van der Waals surface area contributed by atoms with Gasteiger partial charge in [0.25, 0.3) is 0 Å². The molecule has 0 aliphatic heterocycles. The first-order chi connectivity index (χ1) is 19.2. The van der Waals surface area contributed by atoms with Crippen LogP contribution in [0.2, 0.25) is 0 Å². The number of fused-ring (bicyclic) bond motifs is 1. The van der Waals surface area contributed by atoms with Crippen LogP contribution >= 0.6 is 0 Å². The van der Waals surface area contributed by atoms with Gasteiger partial charge in [-0.1, -0.05) is 84.1 Å². The molecule has 2 amide bonds. The van der Waals surface area contributed by atoms with E-state index in [1.807, 2.05) is 116 Å². The normalized spacial score (nSPS) is 11.6. The summed E-state index contributed by atoms with van der Waals surface area (Å²) in [5, 5.41) is 11.4. The van der Waals surface area contributed by atoms with Crippen LogP contribution < -0.4 is 15.0 Å². The summed E-state index contributed by atoms with van der Waals surface area (Å²) in [5.74, 6) is -0.102. The molecule has 0 saturated carbocycles. The lowest BCUT2D eigenvalue weighted by Gasteiger charge is -2.32. The Morgan fingerprint density at radius 2 is 1.54 bits per heavy atom. The van der Waals surface area contributed by atoms with Crippen molar-refractivity contribution in [3.8, 4) is 5.75 Å². The van der Waals surface area contributed by atoms with Gasteiger partial charge >= 0.3 is 0 Å². The van der Waals surface area contributed by atoms with Gasteiger partial charge in [-0.15, -0.1) is 5.10 Å². The van der Waals surface area contributed by atoms with Gasteiger partial charge in [0.15, 0.2) is 0 Å². The largest absolute Gasteiger partial charge is 0.493 e. The van der Waals surface area contributed by atoms with Gasteiger partial charge in [0, 0.05) is 17.8 Å². The average molecular weight is 520 g/mol. The van der Waals surface area contributed by atoms with E-state index in [0.717, 1.165) is 11.1 Å². The Morgan fingerprint density at radius 1 is 0.872 bits per heavy atom. The van der Waals surface area contributed by atoms with Crippen LogP contribution in [0.5, 0.6) is 5.75 Å². The molecule has 0 fully saturated rings. The summed E-state index contributed by atoms with van der Waals surface area (Å²) in [6.45, 7) is 2.52. The van der Waals surface area contributed by atoms with Gasteiger partial charge in [-0.3, -0.25) is 14.5 Å². The summed E-state index contributed by atoms with van der Waals surface area (Å²) in [7, 11) is 0. The maximum absolute atomic E-state index is 14.1. The molecular weight excluding hydrogens is 490 g/mol. The van der Waals surface area contributed by atoms with E-state index in [4.69, 9.17) is 4.74 Å². The summed E-state index contributed by atoms with van der Waals surface area (Å²) in [5.41, 5.74) is 3.55. The van der Waals surface area contributed by atoms with E-state index in [0.29, 0.717) is 35.7 Å². The second kappa shape index (κ2) is 12.0. The van der Waals surface area contributed by atoms with Gasteiger partial charge in [-0.05, 0) is 42.8 Å². The Kier molecular flexibility index (Phi) is 7.92. The van der Waals surface area contributed by atoms with Crippen molar-refractivity contribution < 1.29 is 14.3 Å². The number of amides is 2. The van der Waals surface area contributed by atoms with Crippen LogP contribution in [0.15, 0.2) is 109 Å². The Hall–Kier alpha value is -4.98. The molecule has 8 nitrogen and oxygen atoms in total. The number of anilines is 1.